The summed E-state index contributed by atoms with van der Waals surface area (Å²) in [5, 5.41) is 2.91. The van der Waals surface area contributed by atoms with Crippen molar-refractivity contribution in [2.45, 2.75) is 49.8 Å². The minimum Gasteiger partial charge on any atom is -0.356 e. The van der Waals surface area contributed by atoms with Crippen LogP contribution in [0.15, 0.2) is 23.1 Å². The molecule has 32 heavy (non-hydrogen) atoms. The lowest BCUT2D eigenvalue weighted by Crippen LogP contribution is -2.45. The van der Waals surface area contributed by atoms with Gasteiger partial charge in [-0.15, -0.1) is 0 Å². The van der Waals surface area contributed by atoms with Crippen molar-refractivity contribution in [1.82, 2.24) is 23.3 Å². The van der Waals surface area contributed by atoms with Crippen LogP contribution in [0.1, 0.15) is 44.9 Å². The summed E-state index contributed by atoms with van der Waals surface area (Å²) in [5.41, 5.74) is 0.974. The van der Waals surface area contributed by atoms with E-state index in [0.29, 0.717) is 63.0 Å². The van der Waals surface area contributed by atoms with Gasteiger partial charge in [0.2, 0.25) is 21.8 Å². The molecule has 2 aliphatic rings. The maximum atomic E-state index is 13.2. The van der Waals surface area contributed by atoms with Crippen molar-refractivity contribution in [2.75, 3.05) is 32.7 Å². The topological polar surface area (TPSA) is 113 Å². The van der Waals surface area contributed by atoms with E-state index in [2.05, 4.69) is 14.1 Å². The smallest absolute Gasteiger partial charge is 0.245 e. The third kappa shape index (κ3) is 5.10. The number of rotatable bonds is 3. The third-order valence-electron chi connectivity index (χ3n) is 6.27. The van der Waals surface area contributed by atoms with Gasteiger partial charge in [0.25, 0.3) is 0 Å². The number of benzene rings is 1. The Morgan fingerprint density at radius 3 is 2.62 bits per heavy atom. The molecule has 0 spiro atoms. The van der Waals surface area contributed by atoms with Crippen molar-refractivity contribution in [2.24, 2.45) is 5.92 Å². The number of hydrogen-bond donors (Lipinski definition) is 1. The number of hydrogen-bond acceptors (Lipinski definition) is 7. The van der Waals surface area contributed by atoms with Crippen molar-refractivity contribution in [3.63, 3.8) is 0 Å². The van der Waals surface area contributed by atoms with E-state index < -0.39 is 10.0 Å². The number of nitrogens with one attached hydrogen (secondary N) is 1. The zero-order valence-electron chi connectivity index (χ0n) is 18.0. The van der Waals surface area contributed by atoms with Gasteiger partial charge >= 0.3 is 0 Å². The van der Waals surface area contributed by atoms with Crippen LogP contribution in [0.3, 0.4) is 0 Å². The Kier molecular flexibility index (Phi) is 7.37. The average molecular weight is 480 g/mol. The molecule has 1 aromatic heterocycles. The molecule has 9 nitrogen and oxygen atoms in total. The first-order valence-corrected chi connectivity index (χ1v) is 13.4. The number of amides is 2. The predicted molar refractivity (Wildman–Crippen MR) is 122 cm³/mol. The van der Waals surface area contributed by atoms with Crippen molar-refractivity contribution in [1.29, 1.82) is 0 Å². The zero-order chi connectivity index (χ0) is 22.6. The highest BCUT2D eigenvalue weighted by molar-refractivity contribution is 7.89. The molecule has 2 aliphatic heterocycles. The lowest BCUT2D eigenvalue weighted by molar-refractivity contribution is -0.137. The molecular weight excluding hydrogens is 450 g/mol. The maximum absolute atomic E-state index is 13.2. The van der Waals surface area contributed by atoms with Gasteiger partial charge in [-0.25, -0.2) is 8.42 Å². The summed E-state index contributed by atoms with van der Waals surface area (Å²) in [7, 11) is -3.70. The minimum atomic E-state index is -3.70. The molecule has 174 valence electrons. The van der Waals surface area contributed by atoms with Crippen LogP contribution in [-0.2, 0) is 19.6 Å². The lowest BCUT2D eigenvalue weighted by atomic mass is 9.96. The van der Waals surface area contributed by atoms with Crippen molar-refractivity contribution in [3.8, 4) is 0 Å². The fourth-order valence-electron chi connectivity index (χ4n) is 4.40. The molecule has 1 N–H and O–H groups in total. The Hall–Kier alpha value is -2.11. The van der Waals surface area contributed by atoms with Gasteiger partial charge in [-0.05, 0) is 37.8 Å². The van der Waals surface area contributed by atoms with Crippen LogP contribution >= 0.6 is 11.7 Å². The summed E-state index contributed by atoms with van der Waals surface area (Å²) in [4.78, 5) is 27.2. The van der Waals surface area contributed by atoms with Crippen molar-refractivity contribution < 1.29 is 18.0 Å². The van der Waals surface area contributed by atoms with E-state index in [4.69, 9.17) is 0 Å². The van der Waals surface area contributed by atoms with E-state index >= 15 is 0 Å². The second-order valence-corrected chi connectivity index (χ2v) is 10.8. The normalized spacial score (nSPS) is 20.6. The molecule has 4 rings (SSSR count). The molecule has 0 radical (unpaired) electrons. The van der Waals surface area contributed by atoms with Gasteiger partial charge in [0.05, 0.1) is 11.7 Å². The van der Waals surface area contributed by atoms with Gasteiger partial charge in [0, 0.05) is 45.1 Å². The highest BCUT2D eigenvalue weighted by atomic mass is 32.2. The summed E-state index contributed by atoms with van der Waals surface area (Å²) in [6.07, 6.45) is 5.24. The second kappa shape index (κ2) is 10.2. The first-order chi connectivity index (χ1) is 15.5. The quantitative estimate of drug-likeness (QED) is 0.721. The van der Waals surface area contributed by atoms with E-state index in [1.807, 2.05) is 0 Å². The first-order valence-electron chi connectivity index (χ1n) is 11.2. The molecule has 11 heteroatoms. The van der Waals surface area contributed by atoms with E-state index in [1.165, 1.54) is 4.31 Å². The number of fused-ring (bicyclic) bond motifs is 1. The summed E-state index contributed by atoms with van der Waals surface area (Å²) in [6, 6.07) is 4.99. The minimum absolute atomic E-state index is 0.0173. The van der Waals surface area contributed by atoms with Crippen LogP contribution in [-0.4, -0.2) is 70.9 Å². The zero-order valence-corrected chi connectivity index (χ0v) is 19.7. The van der Waals surface area contributed by atoms with Crippen LogP contribution in [0.5, 0.6) is 0 Å². The molecule has 2 amide bonds. The van der Waals surface area contributed by atoms with Gasteiger partial charge in [-0.2, -0.15) is 13.1 Å². The summed E-state index contributed by atoms with van der Waals surface area (Å²) in [6.45, 7) is 2.36. The molecule has 2 saturated heterocycles. The largest absolute Gasteiger partial charge is 0.356 e. The number of nitrogens with zero attached hydrogens (tertiary/aromatic N) is 4. The summed E-state index contributed by atoms with van der Waals surface area (Å²) in [5.74, 6) is -0.192. The number of aromatic nitrogens is 2. The fourth-order valence-corrected chi connectivity index (χ4v) is 6.62. The van der Waals surface area contributed by atoms with Crippen molar-refractivity contribution in [3.05, 3.63) is 18.2 Å². The SMILES string of the molecule is O=C1CCN(C(=O)C2CCN(S(=O)(=O)c3cccc4nsnc34)CC2)CCCCCCN1. The first kappa shape index (κ1) is 23.1. The summed E-state index contributed by atoms with van der Waals surface area (Å²) < 4.78 is 36.2. The number of carbonyl (C=O) groups excluding carboxylic acids is 2. The van der Waals surface area contributed by atoms with Gasteiger partial charge in [-0.1, -0.05) is 18.9 Å². The van der Waals surface area contributed by atoms with E-state index in [9.17, 15) is 18.0 Å². The van der Waals surface area contributed by atoms with Crippen LogP contribution in [0, 0.1) is 5.92 Å². The standard InChI is InChI=1S/C21H29N5O4S2/c27-19-10-13-25(12-4-2-1-3-11-22-19)21(28)16-8-14-26(15-9-16)32(29,30)18-7-5-6-17-20(18)24-31-23-17/h5-7,16H,1-4,8-15H2,(H,22,27). The Morgan fingerprint density at radius 2 is 1.81 bits per heavy atom. The van der Waals surface area contributed by atoms with E-state index in [-0.39, 0.29) is 22.6 Å². The molecule has 2 aromatic rings. The van der Waals surface area contributed by atoms with Crippen molar-refractivity contribution >= 4 is 44.6 Å². The predicted octanol–water partition coefficient (Wildman–Crippen LogP) is 2.00. The van der Waals surface area contributed by atoms with Crippen LogP contribution in [0.25, 0.3) is 11.0 Å². The molecular formula is C21H29N5O4S2. The van der Waals surface area contributed by atoms with Gasteiger partial charge < -0.3 is 10.2 Å². The average Bonchev–Trinajstić information content (AvgIpc) is 3.27. The third-order valence-corrected chi connectivity index (χ3v) is 8.74. The fraction of sp³-hybridized carbons (Fsp3) is 0.619. The molecule has 3 heterocycles. The van der Waals surface area contributed by atoms with E-state index in [1.54, 1.807) is 23.1 Å². The summed E-state index contributed by atoms with van der Waals surface area (Å²) >= 11 is 0.996. The van der Waals surface area contributed by atoms with Crippen LogP contribution in [0.2, 0.25) is 0 Å². The monoisotopic (exact) mass is 479 g/mol. The highest BCUT2D eigenvalue weighted by Gasteiger charge is 2.35. The molecule has 2 fully saturated rings. The molecule has 0 bridgehead atoms. The van der Waals surface area contributed by atoms with Gasteiger partial charge in [0.15, 0.2) is 0 Å². The Labute approximate surface area is 192 Å². The number of sulfonamides is 1. The van der Waals surface area contributed by atoms with Crippen LogP contribution < -0.4 is 5.32 Å². The van der Waals surface area contributed by atoms with Crippen LogP contribution in [0.4, 0.5) is 0 Å². The Balaban J connectivity index is 1.40. The van der Waals surface area contributed by atoms with E-state index in [0.717, 1.165) is 37.4 Å². The highest BCUT2D eigenvalue weighted by Crippen LogP contribution is 2.29. The van der Waals surface area contributed by atoms with Gasteiger partial charge in [0.1, 0.15) is 15.9 Å². The number of piperidine rings is 1. The number of carbonyl (C=O) groups is 2. The molecule has 0 unspecified atom stereocenters. The lowest BCUT2D eigenvalue weighted by Gasteiger charge is -2.33. The maximum Gasteiger partial charge on any atom is 0.245 e. The second-order valence-electron chi connectivity index (χ2n) is 8.41. The molecule has 0 aliphatic carbocycles. The molecule has 0 atom stereocenters. The van der Waals surface area contributed by atoms with Gasteiger partial charge in [-0.3, -0.25) is 9.59 Å². The Bertz CT molecular complexity index is 1060. The Morgan fingerprint density at radius 1 is 1.03 bits per heavy atom. The molecule has 0 saturated carbocycles. The molecule has 1 aromatic carbocycles.